The van der Waals surface area contributed by atoms with Gasteiger partial charge in [0.05, 0.1) is 16.5 Å². The molecule has 2 aromatic heterocycles. The van der Waals surface area contributed by atoms with Gasteiger partial charge in [0.2, 0.25) is 5.91 Å². The highest BCUT2D eigenvalue weighted by Gasteiger charge is 2.22. The number of anilines is 1. The third-order valence-corrected chi connectivity index (χ3v) is 6.92. The first-order valence-corrected chi connectivity index (χ1v) is 12.6. The molecule has 0 spiro atoms. The summed E-state index contributed by atoms with van der Waals surface area (Å²) >= 11 is 8.38. The minimum Gasteiger partial charge on any atom is -0.481 e. The number of thiazole rings is 1. The maximum absolute atomic E-state index is 13.3. The molecule has 1 aromatic carbocycles. The normalized spacial score (nSPS) is 11.7. The first-order chi connectivity index (χ1) is 16.6. The van der Waals surface area contributed by atoms with E-state index in [1.54, 1.807) is 38.6 Å². The number of hydrogen-bond acceptors (Lipinski definition) is 8. The molecule has 0 saturated carbocycles. The Morgan fingerprint density at radius 2 is 2.14 bits per heavy atom. The third-order valence-electron chi connectivity index (χ3n) is 4.59. The van der Waals surface area contributed by atoms with Gasteiger partial charge >= 0.3 is 0 Å². The molecule has 0 aliphatic rings. The number of rotatable bonds is 10. The van der Waals surface area contributed by atoms with Gasteiger partial charge < -0.3 is 15.0 Å². The Bertz CT molecular complexity index is 1250. The lowest BCUT2D eigenvalue weighted by molar-refractivity contribution is -0.113. The van der Waals surface area contributed by atoms with Gasteiger partial charge in [-0.15, -0.1) is 16.8 Å². The highest BCUT2D eigenvalue weighted by Crippen LogP contribution is 2.30. The average Bonchev–Trinajstić information content (AvgIpc) is 3.36. The molecule has 0 bridgehead atoms. The zero-order chi connectivity index (χ0) is 25.7. The van der Waals surface area contributed by atoms with Crippen molar-refractivity contribution in [1.82, 2.24) is 24.6 Å². The number of carbonyl (C=O) groups is 2. The summed E-state index contributed by atoms with van der Waals surface area (Å²) in [6.45, 7) is 7.64. The number of allylic oxidation sites excluding steroid dienone is 1. The second-order valence-corrected chi connectivity index (χ2v) is 9.89. The summed E-state index contributed by atoms with van der Waals surface area (Å²) in [4.78, 5) is 30.9. The maximum atomic E-state index is 13.3. The predicted octanol–water partition coefficient (Wildman–Crippen LogP) is 4.59. The lowest BCUT2D eigenvalue weighted by Crippen LogP contribution is -2.21. The molecule has 9 nitrogen and oxygen atoms in total. The Morgan fingerprint density at radius 1 is 1.40 bits per heavy atom. The van der Waals surface area contributed by atoms with E-state index < -0.39 is 11.9 Å². The van der Waals surface area contributed by atoms with Crippen LogP contribution >= 0.6 is 34.7 Å². The Morgan fingerprint density at radius 3 is 2.80 bits per heavy atom. The fourth-order valence-electron chi connectivity index (χ4n) is 2.96. The summed E-state index contributed by atoms with van der Waals surface area (Å²) in [6.07, 6.45) is 1.12. The Hall–Kier alpha value is -2.96. The van der Waals surface area contributed by atoms with E-state index in [0.717, 1.165) is 11.3 Å². The molecule has 1 atom stereocenters. The highest BCUT2D eigenvalue weighted by atomic mass is 35.5. The molecular formula is C22H24ClFN6O3S2. The van der Waals surface area contributed by atoms with Crippen molar-refractivity contribution in [2.45, 2.75) is 31.7 Å². The van der Waals surface area contributed by atoms with Crippen molar-refractivity contribution in [3.63, 3.8) is 0 Å². The van der Waals surface area contributed by atoms with Crippen LogP contribution in [0.2, 0.25) is 5.02 Å². The summed E-state index contributed by atoms with van der Waals surface area (Å²) in [5.74, 6) is -0.0777. The van der Waals surface area contributed by atoms with Crippen LogP contribution in [0.15, 0.2) is 36.0 Å². The average molecular weight is 539 g/mol. The van der Waals surface area contributed by atoms with Crippen LogP contribution in [0.5, 0.6) is 5.75 Å². The molecular weight excluding hydrogens is 515 g/mol. The molecule has 1 N–H and O–H groups in total. The molecule has 0 radical (unpaired) electrons. The van der Waals surface area contributed by atoms with Gasteiger partial charge in [0.15, 0.2) is 22.2 Å². The van der Waals surface area contributed by atoms with Crippen LogP contribution in [0, 0.1) is 12.7 Å². The van der Waals surface area contributed by atoms with Gasteiger partial charge in [-0.2, -0.15) is 0 Å². The van der Waals surface area contributed by atoms with Crippen molar-refractivity contribution in [2.24, 2.45) is 0 Å². The van der Waals surface area contributed by atoms with Crippen LogP contribution in [0.3, 0.4) is 0 Å². The summed E-state index contributed by atoms with van der Waals surface area (Å²) in [5.41, 5.74) is 0.558. The van der Waals surface area contributed by atoms with E-state index in [2.05, 4.69) is 27.1 Å². The van der Waals surface area contributed by atoms with Crippen molar-refractivity contribution < 1.29 is 18.7 Å². The minimum atomic E-state index is -0.556. The molecule has 3 aromatic rings. The molecule has 0 fully saturated rings. The van der Waals surface area contributed by atoms with Crippen molar-refractivity contribution in [2.75, 3.05) is 25.2 Å². The maximum Gasteiger partial charge on any atom is 0.265 e. The number of nitrogens with zero attached hydrogens (tertiary/aromatic N) is 5. The van der Waals surface area contributed by atoms with E-state index in [-0.39, 0.29) is 22.6 Å². The smallest absolute Gasteiger partial charge is 0.265 e. The van der Waals surface area contributed by atoms with Gasteiger partial charge in [0.1, 0.15) is 16.4 Å². The van der Waals surface area contributed by atoms with Crippen molar-refractivity contribution in [1.29, 1.82) is 0 Å². The predicted molar refractivity (Wildman–Crippen MR) is 135 cm³/mol. The largest absolute Gasteiger partial charge is 0.481 e. The van der Waals surface area contributed by atoms with Crippen LogP contribution in [0.1, 0.15) is 34.2 Å². The van der Waals surface area contributed by atoms with Crippen LogP contribution in [0.25, 0.3) is 0 Å². The van der Waals surface area contributed by atoms with Crippen LogP contribution in [0.4, 0.5) is 9.52 Å². The second-order valence-electron chi connectivity index (χ2n) is 7.54. The summed E-state index contributed by atoms with van der Waals surface area (Å²) in [5, 5.41) is 12.1. The molecule has 1 unspecified atom stereocenters. The van der Waals surface area contributed by atoms with Gasteiger partial charge in [-0.25, -0.2) is 9.37 Å². The summed E-state index contributed by atoms with van der Waals surface area (Å²) in [6, 6.07) is 3.87. The first-order valence-electron chi connectivity index (χ1n) is 10.4. The van der Waals surface area contributed by atoms with E-state index >= 15 is 0 Å². The lowest BCUT2D eigenvalue weighted by Gasteiger charge is -2.16. The topological polar surface area (TPSA) is 102 Å². The molecule has 2 heterocycles. The van der Waals surface area contributed by atoms with Crippen LogP contribution in [-0.4, -0.2) is 56.3 Å². The van der Waals surface area contributed by atoms with Crippen molar-refractivity contribution >= 4 is 51.6 Å². The molecule has 0 saturated heterocycles. The minimum absolute atomic E-state index is 0.0455. The standard InChI is InChI=1S/C22H24ClFN6O3S2/c1-6-9-30-19(13(3)33-16-8-7-14(24)10-15(16)23)27-28-22(30)34-11-17(31)26-21-25-12(2)18(35-21)20(32)29(4)5/h6-8,10,13H,1,9,11H2,2-5H3,(H,25,26,31). The Kier molecular flexibility index (Phi) is 8.87. The van der Waals surface area contributed by atoms with Gasteiger partial charge in [-0.05, 0) is 32.0 Å². The fraction of sp³-hybridized carbons (Fsp3) is 0.318. The SMILES string of the molecule is C=CCn1c(SCC(=O)Nc2nc(C)c(C(=O)N(C)C)s2)nnc1C(C)Oc1ccc(F)cc1Cl. The molecule has 0 aliphatic heterocycles. The number of aryl methyl sites for hydroxylation is 1. The van der Waals surface area contributed by atoms with Gasteiger partial charge in [-0.1, -0.05) is 40.8 Å². The van der Waals surface area contributed by atoms with Crippen LogP contribution < -0.4 is 10.1 Å². The number of thioether (sulfide) groups is 1. The number of halogens is 2. The number of hydrogen-bond donors (Lipinski definition) is 1. The molecule has 186 valence electrons. The molecule has 35 heavy (non-hydrogen) atoms. The van der Waals surface area contributed by atoms with E-state index in [1.165, 1.54) is 34.9 Å². The number of carbonyl (C=O) groups excluding carboxylic acids is 2. The molecule has 13 heteroatoms. The van der Waals surface area contributed by atoms with Gasteiger partial charge in [0, 0.05) is 20.6 Å². The number of nitrogens with one attached hydrogen (secondary N) is 1. The molecule has 2 amide bonds. The molecule has 0 aliphatic carbocycles. The Labute approximate surface area is 215 Å². The lowest BCUT2D eigenvalue weighted by atomic mass is 10.3. The monoisotopic (exact) mass is 538 g/mol. The zero-order valence-corrected chi connectivity index (χ0v) is 21.9. The van der Waals surface area contributed by atoms with Crippen LogP contribution in [-0.2, 0) is 11.3 Å². The second kappa shape index (κ2) is 11.6. The number of amides is 2. The summed E-state index contributed by atoms with van der Waals surface area (Å²) < 4.78 is 20.9. The molecule has 3 rings (SSSR count). The summed E-state index contributed by atoms with van der Waals surface area (Å²) in [7, 11) is 3.31. The number of ether oxygens (including phenoxy) is 1. The van der Waals surface area contributed by atoms with E-state index in [1.807, 2.05) is 0 Å². The van der Waals surface area contributed by atoms with Crippen molar-refractivity contribution in [3.8, 4) is 5.75 Å². The van der Waals surface area contributed by atoms with E-state index in [9.17, 15) is 14.0 Å². The fourth-order valence-corrected chi connectivity index (χ4v) is 4.93. The van der Waals surface area contributed by atoms with Gasteiger partial charge in [-0.3, -0.25) is 14.2 Å². The first kappa shape index (κ1) is 26.6. The zero-order valence-electron chi connectivity index (χ0n) is 19.5. The van der Waals surface area contributed by atoms with E-state index in [4.69, 9.17) is 16.3 Å². The third kappa shape index (κ3) is 6.59. The quantitative estimate of drug-likeness (QED) is 0.297. The van der Waals surface area contributed by atoms with Gasteiger partial charge in [0.25, 0.3) is 5.91 Å². The number of benzene rings is 1. The number of aromatic nitrogens is 4. The highest BCUT2D eigenvalue weighted by molar-refractivity contribution is 7.99. The Balaban J connectivity index is 1.67. The van der Waals surface area contributed by atoms with Crippen molar-refractivity contribution in [3.05, 3.63) is 58.1 Å². The van der Waals surface area contributed by atoms with E-state index in [0.29, 0.717) is 39.0 Å².